The minimum atomic E-state index is -0.918. The molecule has 19 heteroatoms. The van der Waals surface area contributed by atoms with Gasteiger partial charge >= 0.3 is 5.97 Å². The Kier molecular flexibility index (Phi) is 21.6. The van der Waals surface area contributed by atoms with Gasteiger partial charge in [0, 0.05) is 51.7 Å². The number of methoxy groups -OCH3 is 3. The zero-order chi connectivity index (χ0) is 48.5. The van der Waals surface area contributed by atoms with E-state index in [1.807, 2.05) is 58.0 Å². The van der Waals surface area contributed by atoms with Crippen LogP contribution in [0.15, 0.2) is 35.4 Å². The molecule has 4 aliphatic rings. The standard InChI is InChI=1S/C47H74N8O11/c1-10-30(4)41(53(6)46(60)40(29(2)3)51-45(59)42-33-26-34(27-33)55(42)38(56)18-21-65-23-24-66-22-19-49-52-48)37(62-7)28-39(57)54-20-14-17-36(54)43(63-8)31(5)44(58)50-35(47(61)64-9)25-32-15-12-11-13-16-32/h11-13,15-16,29-31,33-37,40-43H,10,14,17-28H2,1-9H3,(H,50,58)(H,51,59)/t30-,31+,33?,34?,35-,36-,37+,40-,41-,42-,43+/m0/s1. The molecule has 1 aliphatic carbocycles. The van der Waals surface area contributed by atoms with Crippen LogP contribution in [0.4, 0.5) is 0 Å². The van der Waals surface area contributed by atoms with E-state index in [2.05, 4.69) is 20.7 Å². The number of likely N-dealkylation sites (tertiary alicyclic amines) is 1. The van der Waals surface area contributed by atoms with Gasteiger partial charge in [-0.05, 0) is 54.5 Å². The summed E-state index contributed by atoms with van der Waals surface area (Å²) in [6.45, 7) is 11.1. The first-order valence-electron chi connectivity index (χ1n) is 23.4. The van der Waals surface area contributed by atoms with Gasteiger partial charge in [0.05, 0.1) is 76.6 Å². The molecule has 0 aromatic heterocycles. The highest BCUT2D eigenvalue weighted by Gasteiger charge is 2.56. The van der Waals surface area contributed by atoms with Crippen LogP contribution in [0.2, 0.25) is 0 Å². The number of rotatable bonds is 28. The van der Waals surface area contributed by atoms with Gasteiger partial charge in [0.15, 0.2) is 0 Å². The molecule has 4 fully saturated rings. The van der Waals surface area contributed by atoms with E-state index in [1.54, 1.807) is 28.7 Å². The predicted molar refractivity (Wildman–Crippen MR) is 244 cm³/mol. The van der Waals surface area contributed by atoms with Crippen LogP contribution in [0.25, 0.3) is 10.4 Å². The number of azide groups is 1. The monoisotopic (exact) mass is 927 g/mol. The van der Waals surface area contributed by atoms with Gasteiger partial charge in [0.2, 0.25) is 29.5 Å². The fourth-order valence-electron chi connectivity index (χ4n) is 9.80. The average molecular weight is 927 g/mol. The molecule has 2 N–H and O–H groups in total. The van der Waals surface area contributed by atoms with E-state index in [-0.39, 0.29) is 93.1 Å². The van der Waals surface area contributed by atoms with Gasteiger partial charge in [-0.2, -0.15) is 0 Å². The molecule has 3 heterocycles. The van der Waals surface area contributed by atoms with Crippen molar-refractivity contribution in [2.75, 3.05) is 67.9 Å². The van der Waals surface area contributed by atoms with E-state index in [1.165, 1.54) is 21.3 Å². The van der Waals surface area contributed by atoms with Crippen molar-refractivity contribution in [1.82, 2.24) is 25.3 Å². The third-order valence-electron chi connectivity index (χ3n) is 13.7. The Bertz CT molecular complexity index is 1810. The minimum Gasteiger partial charge on any atom is -0.467 e. The van der Waals surface area contributed by atoms with Gasteiger partial charge < -0.3 is 49.0 Å². The Hall–Kier alpha value is -4.81. The highest BCUT2D eigenvalue weighted by molar-refractivity contribution is 5.94. The van der Waals surface area contributed by atoms with E-state index < -0.39 is 60.2 Å². The first kappa shape index (κ1) is 53.8. The number of hydrogen-bond donors (Lipinski definition) is 2. The Labute approximate surface area is 389 Å². The van der Waals surface area contributed by atoms with Gasteiger partial charge in [0.25, 0.3) is 0 Å². The molecule has 9 atom stereocenters. The highest BCUT2D eigenvalue weighted by Crippen LogP contribution is 2.46. The molecule has 0 radical (unpaired) electrons. The summed E-state index contributed by atoms with van der Waals surface area (Å²) in [7, 11) is 6.00. The summed E-state index contributed by atoms with van der Waals surface area (Å²) in [5.41, 5.74) is 9.22. The largest absolute Gasteiger partial charge is 0.467 e. The summed E-state index contributed by atoms with van der Waals surface area (Å²) < 4.78 is 27.9. The van der Waals surface area contributed by atoms with E-state index in [4.69, 9.17) is 29.2 Å². The van der Waals surface area contributed by atoms with Crippen LogP contribution >= 0.6 is 0 Å². The first-order valence-corrected chi connectivity index (χ1v) is 23.4. The number of nitrogens with zero attached hydrogens (tertiary/aromatic N) is 6. The molecule has 2 bridgehead atoms. The fraction of sp³-hybridized carbons (Fsp3) is 0.745. The van der Waals surface area contributed by atoms with Crippen molar-refractivity contribution in [3.63, 3.8) is 0 Å². The molecule has 1 saturated carbocycles. The highest BCUT2D eigenvalue weighted by atomic mass is 16.5. The van der Waals surface area contributed by atoms with Crippen LogP contribution in [0, 0.1) is 23.7 Å². The number of likely N-dealkylation sites (N-methyl/N-ethyl adjacent to an activating group) is 1. The molecule has 5 amide bonds. The smallest absolute Gasteiger partial charge is 0.328 e. The van der Waals surface area contributed by atoms with Gasteiger partial charge in [-0.15, -0.1) is 0 Å². The predicted octanol–water partition coefficient (Wildman–Crippen LogP) is 3.67. The molecule has 368 valence electrons. The molecular weight excluding hydrogens is 853 g/mol. The molecule has 66 heavy (non-hydrogen) atoms. The summed E-state index contributed by atoms with van der Waals surface area (Å²) in [4.78, 5) is 90.7. The molecule has 3 saturated heterocycles. The lowest BCUT2D eigenvalue weighted by Crippen LogP contribution is -2.59. The normalized spacial score (nSPS) is 21.9. The van der Waals surface area contributed by atoms with Crippen molar-refractivity contribution in [2.24, 2.45) is 28.8 Å². The van der Waals surface area contributed by atoms with Gasteiger partial charge in [0.1, 0.15) is 18.1 Å². The van der Waals surface area contributed by atoms with Crippen LogP contribution in [0.5, 0.6) is 0 Å². The maximum atomic E-state index is 14.6. The number of benzene rings is 1. The summed E-state index contributed by atoms with van der Waals surface area (Å²) in [5, 5.41) is 9.29. The van der Waals surface area contributed by atoms with Crippen LogP contribution in [-0.2, 0) is 58.9 Å². The Morgan fingerprint density at radius 3 is 2.21 bits per heavy atom. The third kappa shape index (κ3) is 13.9. The molecule has 0 spiro atoms. The summed E-state index contributed by atoms with van der Waals surface area (Å²) >= 11 is 0. The molecule has 1 aromatic rings. The van der Waals surface area contributed by atoms with E-state index in [0.29, 0.717) is 32.4 Å². The summed E-state index contributed by atoms with van der Waals surface area (Å²) in [5.74, 6) is -3.19. The lowest BCUT2D eigenvalue weighted by atomic mass is 9.82. The van der Waals surface area contributed by atoms with Crippen molar-refractivity contribution >= 4 is 35.5 Å². The molecule has 1 aromatic carbocycles. The van der Waals surface area contributed by atoms with Crippen LogP contribution in [0.1, 0.15) is 85.1 Å². The van der Waals surface area contributed by atoms with Crippen LogP contribution < -0.4 is 10.6 Å². The lowest BCUT2D eigenvalue weighted by molar-refractivity contribution is -0.149. The van der Waals surface area contributed by atoms with Crippen molar-refractivity contribution in [1.29, 1.82) is 0 Å². The number of fused-ring (bicyclic) bond motifs is 1. The summed E-state index contributed by atoms with van der Waals surface area (Å²) in [6.07, 6.45) is 2.32. The zero-order valence-corrected chi connectivity index (χ0v) is 40.4. The maximum Gasteiger partial charge on any atom is 0.328 e. The molecule has 19 nitrogen and oxygen atoms in total. The fourth-order valence-corrected chi connectivity index (χ4v) is 9.80. The maximum absolute atomic E-state index is 14.6. The van der Waals surface area contributed by atoms with Gasteiger partial charge in [-0.3, -0.25) is 24.0 Å². The van der Waals surface area contributed by atoms with Crippen molar-refractivity contribution in [2.45, 2.75) is 134 Å². The molecule has 5 rings (SSSR count). The number of ether oxygens (including phenoxy) is 5. The summed E-state index contributed by atoms with van der Waals surface area (Å²) in [6, 6.07) is 5.79. The number of hydrogen-bond acceptors (Lipinski definition) is 12. The van der Waals surface area contributed by atoms with E-state index >= 15 is 0 Å². The Balaban J connectivity index is 1.41. The third-order valence-corrected chi connectivity index (χ3v) is 13.7. The number of esters is 1. The van der Waals surface area contributed by atoms with Crippen LogP contribution in [-0.4, -0.2) is 167 Å². The second-order valence-corrected chi connectivity index (χ2v) is 18.2. The quantitative estimate of drug-likeness (QED) is 0.0405. The second kappa shape index (κ2) is 26.5. The van der Waals surface area contributed by atoms with Crippen molar-refractivity contribution in [3.05, 3.63) is 46.3 Å². The molecule has 3 aliphatic heterocycles. The minimum absolute atomic E-state index is 0.00244. The Morgan fingerprint density at radius 2 is 1.61 bits per heavy atom. The van der Waals surface area contributed by atoms with E-state index in [0.717, 1.165) is 18.4 Å². The van der Waals surface area contributed by atoms with E-state index in [9.17, 15) is 28.8 Å². The van der Waals surface area contributed by atoms with Crippen molar-refractivity contribution < 1.29 is 52.5 Å². The van der Waals surface area contributed by atoms with Crippen molar-refractivity contribution in [3.8, 4) is 0 Å². The average Bonchev–Trinajstić information content (AvgIpc) is 4.04. The van der Waals surface area contributed by atoms with Gasteiger partial charge in [-0.1, -0.05) is 76.5 Å². The second-order valence-electron chi connectivity index (χ2n) is 18.2. The lowest BCUT2D eigenvalue weighted by Gasteiger charge is -2.41. The van der Waals surface area contributed by atoms with Gasteiger partial charge in [-0.25, -0.2) is 4.79 Å². The topological polar surface area (TPSA) is 231 Å². The number of carbonyl (C=O) groups excluding carboxylic acids is 6. The number of nitrogens with one attached hydrogen (secondary N) is 2. The first-order chi connectivity index (χ1) is 31.6. The molecular formula is C47H74N8O11. The molecule has 0 unspecified atom stereocenters. The Morgan fingerprint density at radius 1 is 0.924 bits per heavy atom. The zero-order valence-electron chi connectivity index (χ0n) is 40.4. The SMILES string of the molecule is CC[C@H](C)[C@@H]([C@@H](CC(=O)N1CCC[C@H]1[C@H](OC)[C@@H](C)C(=O)N[C@@H](Cc1ccccc1)C(=O)OC)OC)N(C)C(=O)[C@@H](NC(=O)[C@@H]1C2CC(C2)N1C(=O)CCOCCOCCN=[N+]=[N-])C(C)C. The number of amides is 5. The van der Waals surface area contributed by atoms with Crippen LogP contribution in [0.3, 0.4) is 0 Å². The number of carbonyl (C=O) groups is 6.